The summed E-state index contributed by atoms with van der Waals surface area (Å²) in [6, 6.07) is 4.92. The first-order valence-electron chi connectivity index (χ1n) is 7.31. The number of carbonyl (C=O) groups is 2. The number of benzene rings is 1. The Kier molecular flexibility index (Phi) is 5.33. The van der Waals surface area contributed by atoms with Gasteiger partial charge in [0.05, 0.1) is 12.2 Å². The Hall–Kier alpha value is -1.88. The number of aliphatic hydroxyl groups is 1. The van der Waals surface area contributed by atoms with E-state index in [1.54, 1.807) is 23.1 Å². The molecule has 0 saturated carbocycles. The van der Waals surface area contributed by atoms with Crippen molar-refractivity contribution in [1.82, 2.24) is 4.90 Å². The maximum Gasteiger partial charge on any atom is 0.253 e. The highest BCUT2D eigenvalue weighted by Gasteiger charge is 2.24. The molecule has 1 aliphatic heterocycles. The quantitative estimate of drug-likeness (QED) is 0.839. The molecule has 2 rings (SSSR count). The van der Waals surface area contributed by atoms with Crippen LogP contribution in [0.4, 0.5) is 0 Å². The summed E-state index contributed by atoms with van der Waals surface area (Å²) in [4.78, 5) is 25.3. The Balaban J connectivity index is 2.17. The van der Waals surface area contributed by atoms with Gasteiger partial charge in [0, 0.05) is 25.3 Å². The van der Waals surface area contributed by atoms with E-state index >= 15 is 0 Å². The van der Waals surface area contributed by atoms with Crippen molar-refractivity contribution in [3.8, 4) is 5.75 Å². The van der Waals surface area contributed by atoms with Crippen LogP contribution in [0.25, 0.3) is 0 Å². The average molecular weight is 291 g/mol. The first-order chi connectivity index (χ1) is 10.2. The summed E-state index contributed by atoms with van der Waals surface area (Å²) < 4.78 is 5.35. The molecular formula is C16H21NO4. The number of hydrogen-bond acceptors (Lipinski definition) is 4. The minimum atomic E-state index is -0.0979. The highest BCUT2D eigenvalue weighted by atomic mass is 16.5. The zero-order valence-corrected chi connectivity index (χ0v) is 12.2. The number of likely N-dealkylation sites (tertiary alicyclic amines) is 1. The van der Waals surface area contributed by atoms with Gasteiger partial charge in [0.25, 0.3) is 5.91 Å². The molecule has 1 amide bonds. The van der Waals surface area contributed by atoms with Gasteiger partial charge in [0.1, 0.15) is 5.75 Å². The van der Waals surface area contributed by atoms with Crippen molar-refractivity contribution in [2.45, 2.75) is 19.8 Å². The van der Waals surface area contributed by atoms with E-state index in [0.717, 1.165) is 12.8 Å². The lowest BCUT2D eigenvalue weighted by atomic mass is 9.98. The maximum absolute atomic E-state index is 12.5. The van der Waals surface area contributed by atoms with Crippen LogP contribution >= 0.6 is 0 Å². The number of piperidine rings is 1. The third-order valence-electron chi connectivity index (χ3n) is 3.75. The van der Waals surface area contributed by atoms with Gasteiger partial charge in [-0.05, 0) is 43.9 Å². The monoisotopic (exact) mass is 291 g/mol. The minimum absolute atomic E-state index is 0.0979. The van der Waals surface area contributed by atoms with Crippen molar-refractivity contribution in [3.05, 3.63) is 29.3 Å². The van der Waals surface area contributed by atoms with Gasteiger partial charge in [0.15, 0.2) is 6.29 Å². The van der Waals surface area contributed by atoms with Crippen molar-refractivity contribution in [3.63, 3.8) is 0 Å². The lowest BCUT2D eigenvalue weighted by molar-refractivity contribution is 0.0620. The maximum atomic E-state index is 12.5. The minimum Gasteiger partial charge on any atom is -0.493 e. The molecule has 5 nitrogen and oxygen atoms in total. The smallest absolute Gasteiger partial charge is 0.253 e. The molecule has 1 aliphatic rings. The molecule has 114 valence electrons. The molecule has 0 spiro atoms. The van der Waals surface area contributed by atoms with E-state index < -0.39 is 0 Å². The molecule has 0 aliphatic carbocycles. The Morgan fingerprint density at radius 1 is 1.52 bits per heavy atom. The third-order valence-corrected chi connectivity index (χ3v) is 3.75. The van der Waals surface area contributed by atoms with Gasteiger partial charge in [-0.1, -0.05) is 0 Å². The fraction of sp³-hybridized carbons (Fsp3) is 0.500. The lowest BCUT2D eigenvalue weighted by Gasteiger charge is -2.32. The van der Waals surface area contributed by atoms with Crippen LogP contribution in [0.1, 0.15) is 40.5 Å². The summed E-state index contributed by atoms with van der Waals surface area (Å²) in [5, 5.41) is 9.24. The molecule has 1 saturated heterocycles. The van der Waals surface area contributed by atoms with Crippen LogP contribution in [-0.4, -0.2) is 48.5 Å². The summed E-state index contributed by atoms with van der Waals surface area (Å²) in [5.41, 5.74) is 0.873. The van der Waals surface area contributed by atoms with Gasteiger partial charge in [0.2, 0.25) is 0 Å². The number of nitrogens with zero attached hydrogens (tertiary/aromatic N) is 1. The van der Waals surface area contributed by atoms with Gasteiger partial charge in [-0.3, -0.25) is 9.59 Å². The molecule has 0 aromatic heterocycles. The van der Waals surface area contributed by atoms with Crippen molar-refractivity contribution in [1.29, 1.82) is 0 Å². The number of amides is 1. The van der Waals surface area contributed by atoms with E-state index in [0.29, 0.717) is 42.9 Å². The van der Waals surface area contributed by atoms with Crippen molar-refractivity contribution in [2.24, 2.45) is 5.92 Å². The van der Waals surface area contributed by atoms with Crippen molar-refractivity contribution in [2.75, 3.05) is 26.3 Å². The largest absolute Gasteiger partial charge is 0.493 e. The fourth-order valence-corrected chi connectivity index (χ4v) is 2.64. The predicted octanol–water partition coefficient (Wildman–Crippen LogP) is 1.74. The van der Waals surface area contributed by atoms with E-state index in [-0.39, 0.29) is 18.4 Å². The molecule has 0 bridgehead atoms. The number of ether oxygens (including phenoxy) is 1. The standard InChI is InChI=1S/C16H21NO4/c1-2-21-15-6-5-13(8-14(15)11-19)16(20)17-7-3-4-12(9-17)10-18/h5-6,8,11-12,18H,2-4,7,9-10H2,1H3/t12-/m1/s1. The molecule has 1 aromatic rings. The second-order valence-corrected chi connectivity index (χ2v) is 5.25. The number of aliphatic hydroxyl groups excluding tert-OH is 1. The SMILES string of the molecule is CCOc1ccc(C(=O)N2CCC[C@@H](CO)C2)cc1C=O. The van der Waals surface area contributed by atoms with Crippen molar-refractivity contribution >= 4 is 12.2 Å². The second kappa shape index (κ2) is 7.22. The molecule has 1 aromatic carbocycles. The van der Waals surface area contributed by atoms with Crippen LogP contribution in [-0.2, 0) is 0 Å². The molecular weight excluding hydrogens is 270 g/mol. The van der Waals surface area contributed by atoms with Gasteiger partial charge in [-0.15, -0.1) is 0 Å². The van der Waals surface area contributed by atoms with E-state index in [9.17, 15) is 14.7 Å². The summed E-state index contributed by atoms with van der Waals surface area (Å²) in [6.45, 7) is 3.68. The highest BCUT2D eigenvalue weighted by Crippen LogP contribution is 2.22. The summed E-state index contributed by atoms with van der Waals surface area (Å²) >= 11 is 0. The molecule has 1 N–H and O–H groups in total. The van der Waals surface area contributed by atoms with Crippen LogP contribution in [0.15, 0.2) is 18.2 Å². The molecule has 0 unspecified atom stereocenters. The average Bonchev–Trinajstić information content (AvgIpc) is 2.54. The van der Waals surface area contributed by atoms with Gasteiger partial charge >= 0.3 is 0 Å². The number of aldehydes is 1. The zero-order valence-electron chi connectivity index (χ0n) is 12.2. The van der Waals surface area contributed by atoms with E-state index in [1.807, 2.05) is 6.92 Å². The van der Waals surface area contributed by atoms with Crippen LogP contribution < -0.4 is 4.74 Å². The second-order valence-electron chi connectivity index (χ2n) is 5.25. The third kappa shape index (κ3) is 3.61. The van der Waals surface area contributed by atoms with Gasteiger partial charge < -0.3 is 14.7 Å². The van der Waals surface area contributed by atoms with Crippen LogP contribution in [0, 0.1) is 5.92 Å². The topological polar surface area (TPSA) is 66.8 Å². The Labute approximate surface area is 124 Å². The number of hydrogen-bond donors (Lipinski definition) is 1. The van der Waals surface area contributed by atoms with E-state index in [1.165, 1.54) is 0 Å². The van der Waals surface area contributed by atoms with Crippen molar-refractivity contribution < 1.29 is 19.4 Å². The molecule has 1 atom stereocenters. The fourth-order valence-electron chi connectivity index (χ4n) is 2.64. The molecule has 5 heteroatoms. The summed E-state index contributed by atoms with van der Waals surface area (Å²) in [5.74, 6) is 0.547. The molecule has 1 fully saturated rings. The number of carbonyl (C=O) groups excluding carboxylic acids is 2. The van der Waals surface area contributed by atoms with E-state index in [4.69, 9.17) is 4.74 Å². The normalized spacial score (nSPS) is 18.4. The summed E-state index contributed by atoms with van der Waals surface area (Å²) in [7, 11) is 0. The van der Waals surface area contributed by atoms with Gasteiger partial charge in [-0.2, -0.15) is 0 Å². The zero-order chi connectivity index (χ0) is 15.2. The molecule has 0 radical (unpaired) electrons. The van der Waals surface area contributed by atoms with Crippen LogP contribution in [0.2, 0.25) is 0 Å². The van der Waals surface area contributed by atoms with Crippen LogP contribution in [0.5, 0.6) is 5.75 Å². The summed E-state index contributed by atoms with van der Waals surface area (Å²) in [6.07, 6.45) is 2.55. The van der Waals surface area contributed by atoms with Gasteiger partial charge in [-0.25, -0.2) is 0 Å². The lowest BCUT2D eigenvalue weighted by Crippen LogP contribution is -2.40. The first kappa shape index (κ1) is 15.5. The van der Waals surface area contributed by atoms with Crippen LogP contribution in [0.3, 0.4) is 0 Å². The Morgan fingerprint density at radius 2 is 2.33 bits per heavy atom. The molecule has 21 heavy (non-hydrogen) atoms. The Bertz CT molecular complexity index is 515. The molecule has 1 heterocycles. The number of rotatable bonds is 5. The van der Waals surface area contributed by atoms with E-state index in [2.05, 4.69) is 0 Å². The Morgan fingerprint density at radius 3 is 3.00 bits per heavy atom. The predicted molar refractivity (Wildman–Crippen MR) is 78.7 cm³/mol. The highest BCUT2D eigenvalue weighted by molar-refractivity contribution is 5.96. The first-order valence-corrected chi connectivity index (χ1v) is 7.31.